The van der Waals surface area contributed by atoms with Crippen LogP contribution in [0.4, 0.5) is 0 Å². The van der Waals surface area contributed by atoms with Gasteiger partial charge in [0.25, 0.3) is 5.91 Å². The van der Waals surface area contributed by atoms with Crippen LogP contribution >= 0.6 is 0 Å². The van der Waals surface area contributed by atoms with Crippen molar-refractivity contribution in [1.82, 2.24) is 4.90 Å². The van der Waals surface area contributed by atoms with Crippen molar-refractivity contribution in [2.75, 3.05) is 26.5 Å². The molecule has 0 N–H and O–H groups in total. The molecule has 6 nitrogen and oxygen atoms in total. The number of benzene rings is 1. The Labute approximate surface area is 116 Å². The Bertz CT molecular complexity index is 537. The van der Waals surface area contributed by atoms with Crippen LogP contribution in [0.2, 0.25) is 0 Å². The smallest absolute Gasteiger partial charge is 0.260 e. The summed E-state index contributed by atoms with van der Waals surface area (Å²) in [5.41, 5.74) is 0.350. The normalized spacial score (nSPS) is 16.3. The number of fused-ring (bicyclic) bond motifs is 1. The largest absolute Gasteiger partial charge is 0.483 e. The fraction of sp³-hybridized carbons (Fsp3) is 0.429. The summed E-state index contributed by atoms with van der Waals surface area (Å²) in [5.74, 6) is 1.33. The molecule has 0 aliphatic carbocycles. The minimum atomic E-state index is -0.0690. The van der Waals surface area contributed by atoms with Crippen LogP contribution in [-0.4, -0.2) is 43.6 Å². The van der Waals surface area contributed by atoms with Crippen molar-refractivity contribution in [3.63, 3.8) is 0 Å². The molecule has 0 unspecified atom stereocenters. The van der Waals surface area contributed by atoms with Gasteiger partial charge in [0, 0.05) is 19.2 Å². The van der Waals surface area contributed by atoms with E-state index in [0.29, 0.717) is 29.1 Å². The predicted molar refractivity (Wildman–Crippen MR) is 69.3 cm³/mol. The van der Waals surface area contributed by atoms with Gasteiger partial charge in [0.2, 0.25) is 6.79 Å². The highest BCUT2D eigenvalue weighted by molar-refractivity contribution is 5.82. The van der Waals surface area contributed by atoms with Crippen LogP contribution in [-0.2, 0) is 4.79 Å². The maximum Gasteiger partial charge on any atom is 0.260 e. The average molecular weight is 277 g/mol. The SMILES string of the molecule is O=Cc1cc2c(cc1OCC(=O)N1CCCC1)OCO2. The Morgan fingerprint density at radius 2 is 1.95 bits per heavy atom. The van der Waals surface area contributed by atoms with Gasteiger partial charge >= 0.3 is 0 Å². The van der Waals surface area contributed by atoms with Crippen LogP contribution < -0.4 is 14.2 Å². The van der Waals surface area contributed by atoms with E-state index in [0.717, 1.165) is 25.9 Å². The number of hydrogen-bond donors (Lipinski definition) is 0. The van der Waals surface area contributed by atoms with Crippen molar-refractivity contribution >= 4 is 12.2 Å². The third kappa shape index (κ3) is 2.41. The number of nitrogens with zero attached hydrogens (tertiary/aromatic N) is 1. The van der Waals surface area contributed by atoms with Crippen molar-refractivity contribution in [3.05, 3.63) is 17.7 Å². The van der Waals surface area contributed by atoms with Gasteiger partial charge in [0.1, 0.15) is 5.75 Å². The first-order chi connectivity index (χ1) is 9.78. The van der Waals surface area contributed by atoms with Gasteiger partial charge in [0.05, 0.1) is 5.56 Å². The minimum absolute atomic E-state index is 0.0583. The van der Waals surface area contributed by atoms with Crippen LogP contribution in [0.15, 0.2) is 12.1 Å². The number of aldehydes is 1. The van der Waals surface area contributed by atoms with Crippen LogP contribution in [0, 0.1) is 0 Å². The maximum absolute atomic E-state index is 11.9. The lowest BCUT2D eigenvalue weighted by atomic mass is 10.2. The number of rotatable bonds is 4. The first kappa shape index (κ1) is 12.8. The Morgan fingerprint density at radius 3 is 2.65 bits per heavy atom. The van der Waals surface area contributed by atoms with Gasteiger partial charge in [-0.25, -0.2) is 0 Å². The molecular formula is C14H15NO5. The third-order valence-electron chi connectivity index (χ3n) is 3.44. The molecule has 2 aliphatic heterocycles. The van der Waals surface area contributed by atoms with Gasteiger partial charge in [-0.2, -0.15) is 0 Å². The van der Waals surface area contributed by atoms with E-state index in [4.69, 9.17) is 14.2 Å². The van der Waals surface area contributed by atoms with E-state index in [1.54, 1.807) is 17.0 Å². The highest BCUT2D eigenvalue weighted by Gasteiger charge is 2.21. The van der Waals surface area contributed by atoms with E-state index in [-0.39, 0.29) is 19.3 Å². The summed E-state index contributed by atoms with van der Waals surface area (Å²) < 4.78 is 15.9. The molecule has 20 heavy (non-hydrogen) atoms. The molecule has 0 bridgehead atoms. The van der Waals surface area contributed by atoms with Gasteiger partial charge < -0.3 is 19.1 Å². The second kappa shape index (κ2) is 5.40. The van der Waals surface area contributed by atoms with Crippen molar-refractivity contribution in [3.8, 4) is 17.2 Å². The quantitative estimate of drug-likeness (QED) is 0.774. The molecule has 1 aromatic rings. The monoisotopic (exact) mass is 277 g/mol. The van der Waals surface area contributed by atoms with E-state index in [1.807, 2.05) is 0 Å². The van der Waals surface area contributed by atoms with E-state index >= 15 is 0 Å². The zero-order valence-electron chi connectivity index (χ0n) is 11.0. The summed E-state index contributed by atoms with van der Waals surface area (Å²) in [6, 6.07) is 3.15. The molecule has 1 saturated heterocycles. The summed E-state index contributed by atoms with van der Waals surface area (Å²) >= 11 is 0. The number of likely N-dealkylation sites (tertiary alicyclic amines) is 1. The first-order valence-electron chi connectivity index (χ1n) is 6.57. The second-order valence-corrected chi connectivity index (χ2v) is 4.74. The molecule has 1 fully saturated rings. The number of carbonyl (C=O) groups excluding carboxylic acids is 2. The summed E-state index contributed by atoms with van der Waals surface area (Å²) in [6.07, 6.45) is 2.75. The molecule has 0 saturated carbocycles. The Kier molecular flexibility index (Phi) is 3.45. The second-order valence-electron chi connectivity index (χ2n) is 4.74. The molecule has 106 valence electrons. The van der Waals surface area contributed by atoms with Crippen LogP contribution in [0.3, 0.4) is 0 Å². The summed E-state index contributed by atoms with van der Waals surface area (Å²) in [7, 11) is 0. The molecule has 0 aromatic heterocycles. The molecule has 1 amide bonds. The highest BCUT2D eigenvalue weighted by Crippen LogP contribution is 2.37. The lowest BCUT2D eigenvalue weighted by Crippen LogP contribution is -2.32. The van der Waals surface area contributed by atoms with E-state index in [9.17, 15) is 9.59 Å². The first-order valence-corrected chi connectivity index (χ1v) is 6.57. The van der Waals surface area contributed by atoms with E-state index in [2.05, 4.69) is 0 Å². The van der Waals surface area contributed by atoms with Gasteiger partial charge in [0.15, 0.2) is 24.4 Å². The number of carbonyl (C=O) groups is 2. The average Bonchev–Trinajstić information content (AvgIpc) is 3.13. The van der Waals surface area contributed by atoms with Crippen molar-refractivity contribution in [2.45, 2.75) is 12.8 Å². The molecule has 2 heterocycles. The lowest BCUT2D eigenvalue weighted by molar-refractivity contribution is -0.132. The van der Waals surface area contributed by atoms with Gasteiger partial charge in [-0.1, -0.05) is 0 Å². The fourth-order valence-corrected chi connectivity index (χ4v) is 2.35. The number of ether oxygens (including phenoxy) is 3. The minimum Gasteiger partial charge on any atom is -0.483 e. The zero-order valence-corrected chi connectivity index (χ0v) is 11.0. The molecule has 1 aromatic carbocycles. The third-order valence-corrected chi connectivity index (χ3v) is 3.44. The molecule has 6 heteroatoms. The van der Waals surface area contributed by atoms with Gasteiger partial charge in [-0.05, 0) is 18.9 Å². The molecule has 0 radical (unpaired) electrons. The van der Waals surface area contributed by atoms with Crippen LogP contribution in [0.25, 0.3) is 0 Å². The van der Waals surface area contributed by atoms with E-state index in [1.165, 1.54) is 0 Å². The fourth-order valence-electron chi connectivity index (χ4n) is 2.35. The highest BCUT2D eigenvalue weighted by atomic mass is 16.7. The summed E-state index contributed by atoms with van der Waals surface area (Å²) in [5, 5.41) is 0. The van der Waals surface area contributed by atoms with Crippen molar-refractivity contribution in [2.24, 2.45) is 0 Å². The van der Waals surface area contributed by atoms with Crippen molar-refractivity contribution in [1.29, 1.82) is 0 Å². The Morgan fingerprint density at radius 1 is 1.25 bits per heavy atom. The van der Waals surface area contributed by atoms with Crippen LogP contribution in [0.1, 0.15) is 23.2 Å². The molecule has 3 rings (SSSR count). The Balaban J connectivity index is 1.70. The molecule has 0 spiro atoms. The van der Waals surface area contributed by atoms with Crippen LogP contribution in [0.5, 0.6) is 17.2 Å². The zero-order chi connectivity index (χ0) is 13.9. The molecule has 2 aliphatic rings. The molecular weight excluding hydrogens is 262 g/mol. The van der Waals surface area contributed by atoms with Crippen molar-refractivity contribution < 1.29 is 23.8 Å². The maximum atomic E-state index is 11.9. The Hall–Kier alpha value is -2.24. The number of amides is 1. The summed E-state index contributed by atoms with van der Waals surface area (Å²) in [4.78, 5) is 24.7. The van der Waals surface area contributed by atoms with Gasteiger partial charge in [-0.15, -0.1) is 0 Å². The number of hydrogen-bond acceptors (Lipinski definition) is 5. The van der Waals surface area contributed by atoms with Gasteiger partial charge in [-0.3, -0.25) is 9.59 Å². The topological polar surface area (TPSA) is 65.1 Å². The lowest BCUT2D eigenvalue weighted by Gasteiger charge is -2.16. The standard InChI is InChI=1S/C14H15NO5/c16-7-10-5-12-13(20-9-19-12)6-11(10)18-8-14(17)15-3-1-2-4-15/h5-7H,1-4,8-9H2. The van der Waals surface area contributed by atoms with E-state index < -0.39 is 0 Å². The predicted octanol–water partition coefficient (Wildman–Crippen LogP) is 1.23. The summed E-state index contributed by atoms with van der Waals surface area (Å²) in [6.45, 7) is 1.62. The molecule has 0 atom stereocenters.